The number of likely N-dealkylation sites (N-methyl/N-ethyl adjacent to an activating group) is 1. The van der Waals surface area contributed by atoms with E-state index in [1.54, 1.807) is 0 Å². The van der Waals surface area contributed by atoms with Gasteiger partial charge in [0.05, 0.1) is 0 Å². The van der Waals surface area contributed by atoms with Crippen LogP contribution in [0.5, 0.6) is 0 Å². The van der Waals surface area contributed by atoms with Crippen molar-refractivity contribution >= 4 is 17.6 Å². The summed E-state index contributed by atoms with van der Waals surface area (Å²) in [6.45, 7) is 0.800. The summed E-state index contributed by atoms with van der Waals surface area (Å²) in [5.41, 5.74) is 5.27. The van der Waals surface area contributed by atoms with Gasteiger partial charge in [0.1, 0.15) is 5.76 Å². The molecule has 0 saturated heterocycles. The molecule has 0 saturated carbocycles. The van der Waals surface area contributed by atoms with E-state index < -0.39 is 0 Å². The molecule has 4 nitrogen and oxygen atoms in total. The first-order chi connectivity index (χ1) is 5.24. The quantitative estimate of drug-likeness (QED) is 0.709. The number of nitrogens with two attached hydrogens (primary N) is 1. The highest BCUT2D eigenvalue weighted by molar-refractivity contribution is 6.30. The Kier molecular flexibility index (Phi) is 2.73. The molecule has 1 rings (SSSR count). The molecule has 62 valence electrons. The molecule has 5 heteroatoms. The molecule has 0 aromatic carbocycles. The van der Waals surface area contributed by atoms with Gasteiger partial charge >= 0.3 is 0 Å². The van der Waals surface area contributed by atoms with Crippen LogP contribution in [0, 0.1) is 0 Å². The van der Waals surface area contributed by atoms with E-state index in [0.29, 0.717) is 17.3 Å². The molecule has 0 unspecified atom stereocenters. The fourth-order valence-corrected chi connectivity index (χ4v) is 0.959. The van der Waals surface area contributed by atoms with Crippen LogP contribution in [0.4, 0.5) is 6.01 Å². The van der Waals surface area contributed by atoms with Crippen molar-refractivity contribution in [2.45, 2.75) is 6.42 Å². The van der Waals surface area contributed by atoms with E-state index in [9.17, 15) is 0 Å². The van der Waals surface area contributed by atoms with Gasteiger partial charge in [-0.1, -0.05) is 11.6 Å². The van der Waals surface area contributed by atoms with E-state index in [1.165, 1.54) is 0 Å². The van der Waals surface area contributed by atoms with Gasteiger partial charge in [-0.15, -0.1) is 0 Å². The van der Waals surface area contributed by atoms with Gasteiger partial charge < -0.3 is 15.5 Å². The first-order valence-corrected chi connectivity index (χ1v) is 3.67. The van der Waals surface area contributed by atoms with E-state index >= 15 is 0 Å². The maximum absolute atomic E-state index is 5.67. The highest BCUT2D eigenvalue weighted by Crippen LogP contribution is 2.17. The topological polar surface area (TPSA) is 64.1 Å². The van der Waals surface area contributed by atoms with Gasteiger partial charge in [0.25, 0.3) is 6.01 Å². The smallest absolute Gasteiger partial charge is 0.293 e. The van der Waals surface area contributed by atoms with Gasteiger partial charge in [-0.25, -0.2) is 0 Å². The van der Waals surface area contributed by atoms with Crippen molar-refractivity contribution in [1.29, 1.82) is 0 Å². The van der Waals surface area contributed by atoms with Crippen molar-refractivity contribution in [3.63, 3.8) is 0 Å². The number of nitrogens with one attached hydrogen (secondary N) is 1. The fraction of sp³-hybridized carbons (Fsp3) is 0.500. The van der Waals surface area contributed by atoms with Crippen molar-refractivity contribution in [2.75, 3.05) is 19.3 Å². The third-order valence-electron chi connectivity index (χ3n) is 1.27. The van der Waals surface area contributed by atoms with Crippen LogP contribution >= 0.6 is 11.6 Å². The summed E-state index contributed by atoms with van der Waals surface area (Å²) < 4.78 is 5.01. The Morgan fingerprint density at radius 1 is 1.73 bits per heavy atom. The molecule has 0 radical (unpaired) electrons. The van der Waals surface area contributed by atoms with Gasteiger partial charge in [-0.3, -0.25) is 0 Å². The molecule has 0 amide bonds. The van der Waals surface area contributed by atoms with E-state index in [2.05, 4.69) is 10.3 Å². The van der Waals surface area contributed by atoms with Crippen molar-refractivity contribution in [3.8, 4) is 0 Å². The maximum Gasteiger partial charge on any atom is 0.293 e. The first-order valence-electron chi connectivity index (χ1n) is 3.29. The molecule has 1 aromatic heterocycles. The minimum absolute atomic E-state index is 0.126. The zero-order chi connectivity index (χ0) is 8.27. The number of nitrogens with zero attached hydrogens (tertiary/aromatic N) is 1. The van der Waals surface area contributed by atoms with Crippen LogP contribution in [-0.2, 0) is 6.42 Å². The number of anilines is 1. The lowest BCUT2D eigenvalue weighted by Gasteiger charge is -1.93. The predicted molar refractivity (Wildman–Crippen MR) is 43.6 cm³/mol. The van der Waals surface area contributed by atoms with E-state index in [4.69, 9.17) is 21.8 Å². The Morgan fingerprint density at radius 3 is 2.91 bits per heavy atom. The van der Waals surface area contributed by atoms with Crippen LogP contribution in [0.25, 0.3) is 0 Å². The molecular weight excluding hydrogens is 166 g/mol. The van der Waals surface area contributed by atoms with E-state index in [1.807, 2.05) is 7.05 Å². The molecule has 0 aliphatic rings. The Hall–Kier alpha value is -0.740. The molecule has 0 fully saturated rings. The normalized spacial score (nSPS) is 10.4. The second kappa shape index (κ2) is 3.59. The van der Waals surface area contributed by atoms with Crippen molar-refractivity contribution < 1.29 is 4.42 Å². The number of aromatic nitrogens is 1. The monoisotopic (exact) mass is 175 g/mol. The highest BCUT2D eigenvalue weighted by Gasteiger charge is 2.07. The molecule has 0 atom stereocenters. The first kappa shape index (κ1) is 8.36. The third-order valence-corrected chi connectivity index (χ3v) is 1.56. The fourth-order valence-electron chi connectivity index (χ4n) is 0.743. The predicted octanol–water partition coefficient (Wildman–Crippen LogP) is 0.672. The second-order valence-corrected chi connectivity index (χ2v) is 2.48. The zero-order valence-electron chi connectivity index (χ0n) is 6.22. The maximum atomic E-state index is 5.67. The Morgan fingerprint density at radius 2 is 2.45 bits per heavy atom. The minimum Gasteiger partial charge on any atom is -0.427 e. The average molecular weight is 176 g/mol. The van der Waals surface area contributed by atoms with Gasteiger partial charge in [0.2, 0.25) is 0 Å². The lowest BCUT2D eigenvalue weighted by molar-refractivity contribution is 0.517. The van der Waals surface area contributed by atoms with Crippen LogP contribution in [0.2, 0.25) is 5.15 Å². The minimum atomic E-state index is 0.126. The van der Waals surface area contributed by atoms with Crippen molar-refractivity contribution in [3.05, 3.63) is 10.9 Å². The van der Waals surface area contributed by atoms with Crippen LogP contribution in [0.1, 0.15) is 5.76 Å². The summed E-state index contributed by atoms with van der Waals surface area (Å²) in [7, 11) is 1.85. The Bertz CT molecular complexity index is 236. The van der Waals surface area contributed by atoms with Crippen molar-refractivity contribution in [1.82, 2.24) is 10.3 Å². The number of hydrogen-bond donors (Lipinski definition) is 2. The number of rotatable bonds is 3. The number of oxazole rings is 1. The van der Waals surface area contributed by atoms with Crippen LogP contribution in [0.15, 0.2) is 4.42 Å². The highest BCUT2D eigenvalue weighted by atomic mass is 35.5. The lowest BCUT2D eigenvalue weighted by atomic mass is 10.3. The molecule has 11 heavy (non-hydrogen) atoms. The summed E-state index contributed by atoms with van der Waals surface area (Å²) in [5, 5.41) is 3.32. The van der Waals surface area contributed by atoms with Gasteiger partial charge in [-0.05, 0) is 7.05 Å². The molecule has 3 N–H and O–H groups in total. The van der Waals surface area contributed by atoms with Crippen LogP contribution in [0.3, 0.4) is 0 Å². The number of hydrogen-bond acceptors (Lipinski definition) is 4. The lowest BCUT2D eigenvalue weighted by Crippen LogP contribution is -2.09. The Balaban J connectivity index is 2.62. The SMILES string of the molecule is CNCCc1oc(N)nc1Cl. The summed E-state index contributed by atoms with van der Waals surface area (Å²) in [6, 6.07) is 0.126. The van der Waals surface area contributed by atoms with Gasteiger partial charge in [0.15, 0.2) is 5.15 Å². The molecule has 0 spiro atoms. The molecule has 1 aromatic rings. The number of halogens is 1. The average Bonchev–Trinajstić information content (AvgIpc) is 2.26. The largest absolute Gasteiger partial charge is 0.427 e. The molecular formula is C6H10ClN3O. The van der Waals surface area contributed by atoms with E-state index in [-0.39, 0.29) is 6.01 Å². The third kappa shape index (κ3) is 2.10. The molecule has 1 heterocycles. The standard InChI is InChI=1S/C6H10ClN3O/c1-9-3-2-4-5(7)10-6(8)11-4/h9H,2-3H2,1H3,(H2,8,10). The molecule has 0 aliphatic heterocycles. The van der Waals surface area contributed by atoms with Gasteiger partial charge in [-0.2, -0.15) is 4.98 Å². The number of nitrogen functional groups attached to an aromatic ring is 1. The zero-order valence-corrected chi connectivity index (χ0v) is 6.98. The van der Waals surface area contributed by atoms with Crippen LogP contribution in [-0.4, -0.2) is 18.6 Å². The summed E-state index contributed by atoms with van der Waals surface area (Å²) in [6.07, 6.45) is 0.708. The molecule has 0 aliphatic carbocycles. The van der Waals surface area contributed by atoms with Crippen LogP contribution < -0.4 is 11.1 Å². The molecule has 0 bridgehead atoms. The van der Waals surface area contributed by atoms with E-state index in [0.717, 1.165) is 6.54 Å². The van der Waals surface area contributed by atoms with Gasteiger partial charge in [0, 0.05) is 13.0 Å². The summed E-state index contributed by atoms with van der Waals surface area (Å²) >= 11 is 5.67. The van der Waals surface area contributed by atoms with Crippen molar-refractivity contribution in [2.24, 2.45) is 0 Å². The summed E-state index contributed by atoms with van der Waals surface area (Å²) in [5.74, 6) is 0.638. The Labute approximate surface area is 69.7 Å². The second-order valence-electron chi connectivity index (χ2n) is 2.12. The summed E-state index contributed by atoms with van der Waals surface area (Å²) in [4.78, 5) is 3.71.